The molecule has 34 heavy (non-hydrogen) atoms. The number of ether oxygens (including phenoxy) is 1. The summed E-state index contributed by atoms with van der Waals surface area (Å²) >= 11 is 16.5. The number of likely N-dealkylation sites (N-methyl/N-ethyl adjacent to an activating group) is 1. The number of hydrogen-bond donors (Lipinski definition) is 2. The Bertz CT molecular complexity index is 1190. The van der Waals surface area contributed by atoms with E-state index in [1.54, 1.807) is 19.2 Å². The molecule has 0 spiro atoms. The molecule has 3 amide bonds. The average Bonchev–Trinajstić information content (AvgIpc) is 3.09. The van der Waals surface area contributed by atoms with E-state index in [-0.39, 0.29) is 31.5 Å². The van der Waals surface area contributed by atoms with E-state index in [4.69, 9.17) is 27.9 Å². The Hall–Kier alpha value is -2.20. The normalized spacial score (nSPS) is 10.5. The van der Waals surface area contributed by atoms with Gasteiger partial charge < -0.3 is 20.3 Å². The molecule has 0 saturated heterocycles. The molecular weight excluding hydrogens is 569 g/mol. The number of amides is 3. The molecule has 8 nitrogen and oxygen atoms in total. The summed E-state index contributed by atoms with van der Waals surface area (Å²) in [7, 11) is 1.58. The third kappa shape index (κ3) is 6.27. The van der Waals surface area contributed by atoms with Crippen LogP contribution in [0.1, 0.15) is 24.6 Å². The van der Waals surface area contributed by atoms with Gasteiger partial charge in [-0.2, -0.15) is 0 Å². The summed E-state index contributed by atoms with van der Waals surface area (Å²) < 4.78 is 8.73. The lowest BCUT2D eigenvalue weighted by molar-refractivity contribution is -0.117. The summed E-state index contributed by atoms with van der Waals surface area (Å²) in [6.07, 6.45) is 2.68. The van der Waals surface area contributed by atoms with E-state index in [0.717, 1.165) is 16.7 Å². The van der Waals surface area contributed by atoms with Crippen LogP contribution >= 0.6 is 51.5 Å². The number of aromatic nitrogens is 2. The summed E-state index contributed by atoms with van der Waals surface area (Å²) in [4.78, 5) is 30.2. The zero-order chi connectivity index (χ0) is 24.1. The largest absolute Gasteiger partial charge is 0.485 e. The molecule has 3 rings (SSSR count). The Balaban J connectivity index is 0.00000408. The summed E-state index contributed by atoms with van der Waals surface area (Å²) in [5, 5.41) is 5.89. The molecule has 0 saturated carbocycles. The van der Waals surface area contributed by atoms with Crippen LogP contribution in [0.5, 0.6) is 5.75 Å². The second-order valence-electron chi connectivity index (χ2n) is 7.26. The van der Waals surface area contributed by atoms with Gasteiger partial charge in [-0.15, -0.1) is 12.4 Å². The van der Waals surface area contributed by atoms with E-state index in [1.807, 2.05) is 36.6 Å². The Kier molecular flexibility index (Phi) is 10.3. The van der Waals surface area contributed by atoms with Crippen LogP contribution in [0.2, 0.25) is 10.0 Å². The van der Waals surface area contributed by atoms with Crippen LogP contribution in [0.3, 0.4) is 0 Å². The molecule has 0 atom stereocenters. The van der Waals surface area contributed by atoms with Crippen molar-refractivity contribution in [2.45, 2.75) is 26.9 Å². The maximum Gasteiger partial charge on any atom is 0.315 e. The van der Waals surface area contributed by atoms with Crippen LogP contribution < -0.4 is 20.3 Å². The zero-order valence-electron chi connectivity index (χ0n) is 18.8. The fraction of sp³-hybridized carbons (Fsp3) is 0.318. The predicted octanol–water partition coefficient (Wildman–Crippen LogP) is 5.38. The highest BCUT2D eigenvalue weighted by Gasteiger charge is 2.20. The lowest BCUT2D eigenvalue weighted by atomic mass is 10.2. The predicted molar refractivity (Wildman–Crippen MR) is 141 cm³/mol. The second kappa shape index (κ2) is 12.5. The van der Waals surface area contributed by atoms with Gasteiger partial charge >= 0.3 is 6.03 Å². The van der Waals surface area contributed by atoms with Crippen molar-refractivity contribution in [1.29, 1.82) is 0 Å². The second-order valence-corrected chi connectivity index (χ2v) is 8.80. The molecule has 2 aromatic heterocycles. The van der Waals surface area contributed by atoms with Crippen molar-refractivity contribution >= 4 is 74.8 Å². The average molecular weight is 594 g/mol. The standard InChI is InChI=1S/C22H24BrCl2N5O3.ClH/c1-4-9-26-22(32)27-11-18(31)29(3)16-8-7-15(24)14(19(16)25)12-33-17-6-5-10-30-20(23)13(2)28-21(17)30;/h5-8,10H,4,9,11-12H2,1-3H3,(H2,26,27,32);1H. The highest BCUT2D eigenvalue weighted by molar-refractivity contribution is 9.10. The summed E-state index contributed by atoms with van der Waals surface area (Å²) in [5.41, 5.74) is 2.48. The van der Waals surface area contributed by atoms with Gasteiger partial charge in [-0.1, -0.05) is 30.1 Å². The van der Waals surface area contributed by atoms with Gasteiger partial charge in [0.25, 0.3) is 0 Å². The van der Waals surface area contributed by atoms with Crippen molar-refractivity contribution in [2.75, 3.05) is 25.0 Å². The fourth-order valence-electron chi connectivity index (χ4n) is 3.08. The van der Waals surface area contributed by atoms with Gasteiger partial charge in [0.15, 0.2) is 11.4 Å². The van der Waals surface area contributed by atoms with Crippen molar-refractivity contribution in [1.82, 2.24) is 20.0 Å². The summed E-state index contributed by atoms with van der Waals surface area (Å²) in [5.74, 6) is 0.232. The molecule has 0 bridgehead atoms. The first-order valence-electron chi connectivity index (χ1n) is 10.3. The molecular formula is C22H25BrCl3N5O3. The SMILES string of the molecule is CCCNC(=O)NCC(=O)N(C)c1ccc(Cl)c(COc2cccn3c(Br)c(C)nc23)c1Cl.Cl. The number of nitrogens with one attached hydrogen (secondary N) is 2. The molecule has 0 unspecified atom stereocenters. The quantitative estimate of drug-likeness (QED) is 0.367. The smallest absolute Gasteiger partial charge is 0.315 e. The number of carbonyl (C=O) groups is 2. The first kappa shape index (κ1) is 28.0. The van der Waals surface area contributed by atoms with Gasteiger partial charge in [0.05, 0.1) is 22.9 Å². The number of urea groups is 1. The summed E-state index contributed by atoms with van der Waals surface area (Å²) in [6.45, 7) is 4.28. The van der Waals surface area contributed by atoms with Crippen LogP contribution in [0.15, 0.2) is 35.1 Å². The van der Waals surface area contributed by atoms with Gasteiger partial charge in [-0.25, -0.2) is 9.78 Å². The van der Waals surface area contributed by atoms with Crippen molar-refractivity contribution in [3.8, 4) is 5.75 Å². The number of halogens is 4. The zero-order valence-corrected chi connectivity index (χ0v) is 22.7. The third-order valence-corrected chi connectivity index (χ3v) is 6.66. The first-order chi connectivity index (χ1) is 15.7. The van der Waals surface area contributed by atoms with E-state index >= 15 is 0 Å². The first-order valence-corrected chi connectivity index (χ1v) is 11.8. The van der Waals surface area contributed by atoms with Crippen molar-refractivity contribution in [3.63, 3.8) is 0 Å². The number of anilines is 1. The maximum absolute atomic E-state index is 12.6. The Morgan fingerprint density at radius 2 is 1.97 bits per heavy atom. The molecule has 1 aromatic carbocycles. The number of carbonyl (C=O) groups excluding carboxylic acids is 2. The van der Waals surface area contributed by atoms with E-state index < -0.39 is 6.03 Å². The topological polar surface area (TPSA) is 88.0 Å². The Labute approximate surface area is 222 Å². The molecule has 2 N–H and O–H groups in total. The fourth-order valence-corrected chi connectivity index (χ4v) is 4.06. The van der Waals surface area contributed by atoms with Gasteiger partial charge in [-0.3, -0.25) is 9.20 Å². The Morgan fingerprint density at radius 1 is 1.24 bits per heavy atom. The molecule has 3 aromatic rings. The van der Waals surface area contributed by atoms with Gasteiger partial charge in [0, 0.05) is 30.4 Å². The van der Waals surface area contributed by atoms with Crippen LogP contribution in [-0.4, -0.2) is 41.5 Å². The minimum absolute atomic E-state index is 0. The molecule has 0 aliphatic carbocycles. The number of hydrogen-bond acceptors (Lipinski definition) is 4. The van der Waals surface area contributed by atoms with Crippen molar-refractivity contribution in [2.24, 2.45) is 0 Å². The number of fused-ring (bicyclic) bond motifs is 1. The highest BCUT2D eigenvalue weighted by Crippen LogP contribution is 2.35. The molecule has 0 aliphatic rings. The number of benzene rings is 1. The van der Waals surface area contributed by atoms with E-state index in [2.05, 4.69) is 31.5 Å². The number of imidazole rings is 1. The van der Waals surface area contributed by atoms with Crippen LogP contribution in [0.25, 0.3) is 5.65 Å². The monoisotopic (exact) mass is 591 g/mol. The third-order valence-electron chi connectivity index (χ3n) is 4.92. The molecule has 0 fully saturated rings. The number of nitrogens with zero attached hydrogens (tertiary/aromatic N) is 3. The number of rotatable bonds is 8. The van der Waals surface area contributed by atoms with E-state index in [9.17, 15) is 9.59 Å². The number of aryl methyl sites for hydroxylation is 1. The summed E-state index contributed by atoms with van der Waals surface area (Å²) in [6, 6.07) is 6.57. The van der Waals surface area contributed by atoms with Crippen molar-refractivity contribution < 1.29 is 14.3 Å². The Morgan fingerprint density at radius 3 is 2.68 bits per heavy atom. The highest BCUT2D eigenvalue weighted by atomic mass is 79.9. The van der Waals surface area contributed by atoms with Crippen molar-refractivity contribution in [3.05, 3.63) is 56.4 Å². The van der Waals surface area contributed by atoms with E-state index in [0.29, 0.717) is 39.2 Å². The van der Waals surface area contributed by atoms with Gasteiger partial charge in [0.2, 0.25) is 5.91 Å². The minimum Gasteiger partial charge on any atom is -0.485 e. The van der Waals surface area contributed by atoms with Gasteiger partial charge in [-0.05, 0) is 53.5 Å². The minimum atomic E-state index is -0.398. The van der Waals surface area contributed by atoms with Crippen LogP contribution in [-0.2, 0) is 11.4 Å². The molecule has 2 heterocycles. The van der Waals surface area contributed by atoms with Crippen LogP contribution in [0, 0.1) is 6.92 Å². The van der Waals surface area contributed by atoms with Gasteiger partial charge in [0.1, 0.15) is 11.2 Å². The lowest BCUT2D eigenvalue weighted by Gasteiger charge is -2.21. The van der Waals surface area contributed by atoms with E-state index in [1.165, 1.54) is 4.90 Å². The molecule has 0 radical (unpaired) electrons. The molecule has 12 heteroatoms. The maximum atomic E-state index is 12.6. The molecule has 184 valence electrons. The molecule has 0 aliphatic heterocycles. The van der Waals surface area contributed by atoms with Crippen LogP contribution in [0.4, 0.5) is 10.5 Å². The lowest BCUT2D eigenvalue weighted by Crippen LogP contribution is -2.43. The number of pyridine rings is 1.